The zero-order chi connectivity index (χ0) is 12.5. The van der Waals surface area contributed by atoms with Crippen LogP contribution in [0.4, 0.5) is 0 Å². The topological polar surface area (TPSA) is 21.3 Å². The van der Waals surface area contributed by atoms with E-state index in [2.05, 4.69) is 17.4 Å². The molecule has 2 nitrogen and oxygen atoms in total. The number of ether oxygens (including phenoxy) is 1. The molecule has 1 unspecified atom stereocenters. The number of benzene rings is 1. The molecule has 1 aromatic rings. The normalized spacial score (nSPS) is 12.6. The molecule has 1 aromatic carbocycles. The van der Waals surface area contributed by atoms with E-state index < -0.39 is 0 Å². The smallest absolute Gasteiger partial charge is 0.0462 e. The summed E-state index contributed by atoms with van der Waals surface area (Å²) in [5, 5.41) is 4.12. The van der Waals surface area contributed by atoms with E-state index in [1.807, 2.05) is 19.2 Å². The Bertz CT molecular complexity index is 317. The van der Waals surface area contributed by atoms with Crippen molar-refractivity contribution in [2.45, 2.75) is 25.2 Å². The average Bonchev–Trinajstić information content (AvgIpc) is 2.34. The molecule has 1 rings (SSSR count). The first-order valence-corrected chi connectivity index (χ1v) is 6.55. The van der Waals surface area contributed by atoms with Crippen LogP contribution in [0.15, 0.2) is 24.3 Å². The summed E-state index contributed by atoms with van der Waals surface area (Å²) >= 11 is 6.24. The van der Waals surface area contributed by atoms with Gasteiger partial charge in [-0.25, -0.2) is 0 Å². The molecule has 1 N–H and O–H groups in total. The lowest BCUT2D eigenvalue weighted by Gasteiger charge is -2.18. The maximum absolute atomic E-state index is 6.24. The van der Waals surface area contributed by atoms with Gasteiger partial charge in [-0.3, -0.25) is 0 Å². The van der Waals surface area contributed by atoms with Gasteiger partial charge in [0, 0.05) is 25.3 Å². The molecule has 0 aliphatic heterocycles. The summed E-state index contributed by atoms with van der Waals surface area (Å²) in [4.78, 5) is 0. The van der Waals surface area contributed by atoms with Crippen LogP contribution in [0, 0.1) is 0 Å². The zero-order valence-electron chi connectivity index (χ0n) is 10.7. The van der Waals surface area contributed by atoms with E-state index in [0.29, 0.717) is 5.92 Å². The van der Waals surface area contributed by atoms with Crippen LogP contribution in [0.3, 0.4) is 0 Å². The van der Waals surface area contributed by atoms with E-state index in [1.54, 1.807) is 7.11 Å². The van der Waals surface area contributed by atoms with Gasteiger partial charge < -0.3 is 10.1 Å². The molecule has 0 aliphatic carbocycles. The van der Waals surface area contributed by atoms with E-state index in [0.717, 1.165) is 31.0 Å². The highest BCUT2D eigenvalue weighted by atomic mass is 35.5. The largest absolute Gasteiger partial charge is 0.385 e. The second kappa shape index (κ2) is 8.51. The molecule has 0 spiro atoms. The van der Waals surface area contributed by atoms with E-state index in [4.69, 9.17) is 16.3 Å². The molecule has 0 radical (unpaired) electrons. The van der Waals surface area contributed by atoms with Crippen LogP contribution in [0.1, 0.15) is 30.7 Å². The molecule has 0 saturated carbocycles. The quantitative estimate of drug-likeness (QED) is 0.719. The summed E-state index contributed by atoms with van der Waals surface area (Å²) in [5.74, 6) is 0.491. The van der Waals surface area contributed by atoms with Crippen LogP contribution in [0.5, 0.6) is 0 Å². The number of rotatable bonds is 8. The summed E-state index contributed by atoms with van der Waals surface area (Å²) in [5.41, 5.74) is 1.25. The van der Waals surface area contributed by atoms with Crippen LogP contribution in [-0.4, -0.2) is 27.3 Å². The first kappa shape index (κ1) is 14.5. The van der Waals surface area contributed by atoms with Gasteiger partial charge in [-0.1, -0.05) is 36.2 Å². The highest BCUT2D eigenvalue weighted by Crippen LogP contribution is 2.27. The third kappa shape index (κ3) is 5.07. The number of hydrogen-bond acceptors (Lipinski definition) is 2. The average molecular weight is 256 g/mol. The highest BCUT2D eigenvalue weighted by Gasteiger charge is 2.13. The maximum Gasteiger partial charge on any atom is 0.0462 e. The van der Waals surface area contributed by atoms with Gasteiger partial charge in [0.2, 0.25) is 0 Å². The number of nitrogens with one attached hydrogen (secondary N) is 1. The van der Waals surface area contributed by atoms with Crippen molar-refractivity contribution < 1.29 is 4.74 Å². The van der Waals surface area contributed by atoms with Crippen LogP contribution >= 0.6 is 11.6 Å². The lowest BCUT2D eigenvalue weighted by atomic mass is 9.93. The number of unbranched alkanes of at least 4 members (excludes halogenated alkanes) is 1. The molecule has 0 amide bonds. The van der Waals surface area contributed by atoms with Crippen molar-refractivity contribution in [2.24, 2.45) is 0 Å². The van der Waals surface area contributed by atoms with E-state index >= 15 is 0 Å². The maximum atomic E-state index is 6.24. The first-order valence-electron chi connectivity index (χ1n) is 6.17. The summed E-state index contributed by atoms with van der Waals surface area (Å²) in [6, 6.07) is 8.13. The molecule has 0 aromatic heterocycles. The summed E-state index contributed by atoms with van der Waals surface area (Å²) in [6.07, 6.45) is 3.43. The second-order valence-electron chi connectivity index (χ2n) is 4.26. The van der Waals surface area contributed by atoms with E-state index in [-0.39, 0.29) is 0 Å². The first-order chi connectivity index (χ1) is 8.29. The molecular formula is C14H22ClNO. The Labute approximate surface area is 109 Å². The molecule has 0 heterocycles. The molecule has 3 heteroatoms. The third-order valence-corrected chi connectivity index (χ3v) is 3.29. The van der Waals surface area contributed by atoms with Crippen molar-refractivity contribution in [3.8, 4) is 0 Å². The van der Waals surface area contributed by atoms with Crippen LogP contribution in [0.2, 0.25) is 5.02 Å². The predicted octanol–water partition coefficient (Wildman–Crippen LogP) is 3.46. The van der Waals surface area contributed by atoms with Crippen LogP contribution < -0.4 is 5.32 Å². The number of likely N-dealkylation sites (N-methyl/N-ethyl adjacent to an activating group) is 1. The van der Waals surface area contributed by atoms with Crippen molar-refractivity contribution in [1.82, 2.24) is 5.32 Å². The Morgan fingerprint density at radius 3 is 2.71 bits per heavy atom. The van der Waals surface area contributed by atoms with Crippen molar-refractivity contribution >= 4 is 11.6 Å². The molecule has 0 aliphatic rings. The van der Waals surface area contributed by atoms with Crippen molar-refractivity contribution in [3.05, 3.63) is 34.9 Å². The number of methoxy groups -OCH3 is 1. The fourth-order valence-electron chi connectivity index (χ4n) is 2.06. The minimum atomic E-state index is 0.491. The predicted molar refractivity (Wildman–Crippen MR) is 73.8 cm³/mol. The Balaban J connectivity index is 2.56. The van der Waals surface area contributed by atoms with Gasteiger partial charge in [-0.15, -0.1) is 0 Å². The molecule has 0 bridgehead atoms. The highest BCUT2D eigenvalue weighted by molar-refractivity contribution is 6.31. The summed E-state index contributed by atoms with van der Waals surface area (Å²) in [7, 11) is 3.73. The van der Waals surface area contributed by atoms with Crippen molar-refractivity contribution in [3.63, 3.8) is 0 Å². The SMILES string of the molecule is CNCC(CCCCOC)c1ccccc1Cl. The van der Waals surface area contributed by atoms with E-state index in [1.165, 1.54) is 12.0 Å². The standard InChI is InChI=1S/C14H22ClNO/c1-16-11-12(7-5-6-10-17-2)13-8-3-4-9-14(13)15/h3-4,8-9,12,16H,5-7,10-11H2,1-2H3. The van der Waals surface area contributed by atoms with Crippen molar-refractivity contribution in [1.29, 1.82) is 0 Å². The minimum absolute atomic E-state index is 0.491. The minimum Gasteiger partial charge on any atom is -0.385 e. The van der Waals surface area contributed by atoms with Gasteiger partial charge in [-0.05, 0) is 37.4 Å². The molecule has 96 valence electrons. The van der Waals surface area contributed by atoms with E-state index in [9.17, 15) is 0 Å². The fourth-order valence-corrected chi connectivity index (χ4v) is 2.35. The third-order valence-electron chi connectivity index (χ3n) is 2.95. The summed E-state index contributed by atoms with van der Waals surface area (Å²) < 4.78 is 5.07. The monoisotopic (exact) mass is 255 g/mol. The van der Waals surface area contributed by atoms with Gasteiger partial charge in [-0.2, -0.15) is 0 Å². The Morgan fingerprint density at radius 1 is 1.29 bits per heavy atom. The second-order valence-corrected chi connectivity index (χ2v) is 4.67. The Kier molecular flexibility index (Phi) is 7.25. The Morgan fingerprint density at radius 2 is 2.06 bits per heavy atom. The number of halogens is 1. The molecular weight excluding hydrogens is 234 g/mol. The lowest BCUT2D eigenvalue weighted by molar-refractivity contribution is 0.191. The fraction of sp³-hybridized carbons (Fsp3) is 0.571. The molecule has 1 atom stereocenters. The van der Waals surface area contributed by atoms with Gasteiger partial charge >= 0.3 is 0 Å². The Hall–Kier alpha value is -0.570. The van der Waals surface area contributed by atoms with Gasteiger partial charge in [0.25, 0.3) is 0 Å². The van der Waals surface area contributed by atoms with Crippen LogP contribution in [0.25, 0.3) is 0 Å². The van der Waals surface area contributed by atoms with Crippen molar-refractivity contribution in [2.75, 3.05) is 27.3 Å². The van der Waals surface area contributed by atoms with Crippen LogP contribution in [-0.2, 0) is 4.74 Å². The van der Waals surface area contributed by atoms with Gasteiger partial charge in [0.05, 0.1) is 0 Å². The van der Waals surface area contributed by atoms with Gasteiger partial charge in [0.15, 0.2) is 0 Å². The molecule has 0 fully saturated rings. The van der Waals surface area contributed by atoms with Gasteiger partial charge in [0.1, 0.15) is 0 Å². The molecule has 17 heavy (non-hydrogen) atoms. The molecule has 0 saturated heterocycles. The number of hydrogen-bond donors (Lipinski definition) is 1. The zero-order valence-corrected chi connectivity index (χ0v) is 11.5. The summed E-state index contributed by atoms with van der Waals surface area (Å²) in [6.45, 7) is 1.81. The lowest BCUT2D eigenvalue weighted by Crippen LogP contribution is -2.17.